The van der Waals surface area contributed by atoms with E-state index in [0.29, 0.717) is 0 Å². The third kappa shape index (κ3) is 9.63. The molecule has 0 N–H and O–H groups in total. The highest BCUT2D eigenvalue weighted by Gasteiger charge is 2.46. The summed E-state index contributed by atoms with van der Waals surface area (Å²) in [7, 11) is 0. The standard InChI is InChI=1S/C96H67BN2/c1-96(2,3)76-60-89-93-90(61-76)99(95-82(67-38-21-9-22-39-67)55-75(64-32-15-6-16-33-64)56-83(95)68-40-23-10-24-41-68)88-51-49-71(73-52-72-44-27-46-78-77-45-25-42-69-43-26-47-79(91(69)77)84(57-73)92(72)78)59-86(88)97(93)85-58-70(62-28-11-4-12-29-62)48-50-87(85)98(89)94-80(65-34-17-7-18-35-65)53-74(63-30-13-5-14-31-63)54-81(94)66-36-19-8-20-37-66/h4-61H,1-3H3. The molecular weight excluding hydrogens is 1190 g/mol. The van der Waals surface area contributed by atoms with Crippen LogP contribution in [0.1, 0.15) is 26.3 Å². The summed E-state index contributed by atoms with van der Waals surface area (Å²) in [6.45, 7) is 6.91. The molecule has 19 rings (SSSR count). The number of fused-ring (bicyclic) bond motifs is 6. The van der Waals surface area contributed by atoms with Gasteiger partial charge in [0.25, 0.3) is 6.71 Å². The summed E-state index contributed by atoms with van der Waals surface area (Å²) in [6, 6.07) is 133. The molecular formula is C96H67BN2. The lowest BCUT2D eigenvalue weighted by Gasteiger charge is -2.46. The maximum Gasteiger partial charge on any atom is 0.252 e. The molecule has 0 atom stereocenters. The normalized spacial score (nSPS) is 12.5. The van der Waals surface area contributed by atoms with Gasteiger partial charge < -0.3 is 9.80 Å². The van der Waals surface area contributed by atoms with Crippen LogP contribution in [-0.4, -0.2) is 6.71 Å². The molecule has 3 heteroatoms. The summed E-state index contributed by atoms with van der Waals surface area (Å²) in [5, 5.41) is 10.3. The second kappa shape index (κ2) is 23.2. The minimum atomic E-state index is -0.301. The fraction of sp³-hybridized carbons (Fsp3) is 0.0417. The van der Waals surface area contributed by atoms with Crippen LogP contribution in [0.3, 0.4) is 0 Å². The second-order valence-electron chi connectivity index (χ2n) is 27.9. The van der Waals surface area contributed by atoms with E-state index in [1.54, 1.807) is 0 Å². The summed E-state index contributed by atoms with van der Waals surface area (Å²) < 4.78 is 0. The Bertz CT molecular complexity index is 5840. The zero-order valence-electron chi connectivity index (χ0n) is 55.5. The lowest BCUT2D eigenvalue weighted by atomic mass is 9.33. The van der Waals surface area contributed by atoms with Crippen molar-refractivity contribution in [2.24, 2.45) is 0 Å². The summed E-state index contributed by atoms with van der Waals surface area (Å²) in [5.74, 6) is 0. The van der Waals surface area contributed by atoms with E-state index in [1.807, 2.05) is 0 Å². The maximum absolute atomic E-state index is 2.70. The lowest BCUT2D eigenvalue weighted by Crippen LogP contribution is -2.61. The Morgan fingerprint density at radius 3 is 0.939 bits per heavy atom. The van der Waals surface area contributed by atoms with Gasteiger partial charge in [0.2, 0.25) is 0 Å². The van der Waals surface area contributed by atoms with E-state index in [4.69, 9.17) is 0 Å². The minimum Gasteiger partial charge on any atom is -0.310 e. The van der Waals surface area contributed by atoms with Crippen molar-refractivity contribution in [1.82, 2.24) is 0 Å². The molecule has 0 saturated heterocycles. The maximum atomic E-state index is 2.70. The highest BCUT2D eigenvalue weighted by Crippen LogP contribution is 2.56. The Morgan fingerprint density at radius 2 is 0.556 bits per heavy atom. The summed E-state index contributed by atoms with van der Waals surface area (Å²) >= 11 is 0. The molecule has 0 bridgehead atoms. The molecule has 0 fully saturated rings. The number of nitrogens with zero attached hydrogens (tertiary/aromatic N) is 2. The van der Waals surface area contributed by atoms with Crippen molar-refractivity contribution in [3.63, 3.8) is 0 Å². The van der Waals surface area contributed by atoms with Crippen molar-refractivity contribution in [3.8, 4) is 89.0 Å². The Kier molecular flexibility index (Phi) is 13.6. The van der Waals surface area contributed by atoms with Crippen LogP contribution in [0.4, 0.5) is 34.1 Å². The Balaban J connectivity index is 0.982. The van der Waals surface area contributed by atoms with Crippen molar-refractivity contribution in [2.75, 3.05) is 9.80 Å². The fourth-order valence-electron chi connectivity index (χ4n) is 16.4. The number of hydrogen-bond acceptors (Lipinski definition) is 2. The van der Waals surface area contributed by atoms with Gasteiger partial charge >= 0.3 is 0 Å². The largest absolute Gasteiger partial charge is 0.310 e. The smallest absolute Gasteiger partial charge is 0.252 e. The van der Waals surface area contributed by atoms with Gasteiger partial charge in [-0.05, 0) is 198 Å². The molecule has 2 aliphatic rings. The molecule has 0 amide bonds. The first-order valence-corrected chi connectivity index (χ1v) is 34.7. The molecule has 2 heterocycles. The van der Waals surface area contributed by atoms with Crippen molar-refractivity contribution < 1.29 is 0 Å². The van der Waals surface area contributed by atoms with Gasteiger partial charge in [-0.3, -0.25) is 0 Å². The average Bonchev–Trinajstić information content (AvgIpc) is 0.689. The lowest BCUT2D eigenvalue weighted by molar-refractivity contribution is 0.590. The van der Waals surface area contributed by atoms with Crippen LogP contribution in [0.15, 0.2) is 352 Å². The van der Waals surface area contributed by atoms with E-state index in [1.165, 1.54) is 98.4 Å². The van der Waals surface area contributed by atoms with Gasteiger partial charge in [-0.2, -0.15) is 0 Å². The molecule has 2 nitrogen and oxygen atoms in total. The van der Waals surface area contributed by atoms with Gasteiger partial charge in [0.05, 0.1) is 11.4 Å². The van der Waals surface area contributed by atoms with Gasteiger partial charge in [-0.25, -0.2) is 0 Å². The highest BCUT2D eigenvalue weighted by molar-refractivity contribution is 7.00. The Hall–Kier alpha value is -12.3. The van der Waals surface area contributed by atoms with Gasteiger partial charge in [-0.1, -0.05) is 312 Å². The van der Waals surface area contributed by atoms with Crippen molar-refractivity contribution in [2.45, 2.75) is 26.2 Å². The van der Waals surface area contributed by atoms with Gasteiger partial charge in [0, 0.05) is 45.0 Å². The van der Waals surface area contributed by atoms with E-state index < -0.39 is 0 Å². The van der Waals surface area contributed by atoms with Crippen LogP contribution < -0.4 is 26.2 Å². The zero-order chi connectivity index (χ0) is 65.9. The number of benzene rings is 17. The van der Waals surface area contributed by atoms with Crippen LogP contribution in [0.2, 0.25) is 0 Å². The Labute approximate surface area is 579 Å². The van der Waals surface area contributed by atoms with Gasteiger partial charge in [-0.15, -0.1) is 0 Å². The number of rotatable bonds is 10. The minimum absolute atomic E-state index is 0.246. The molecule has 0 aromatic heterocycles. The average molecular weight is 1260 g/mol. The van der Waals surface area contributed by atoms with Crippen LogP contribution in [0.5, 0.6) is 0 Å². The first-order valence-electron chi connectivity index (χ1n) is 34.7. The summed E-state index contributed by atoms with van der Waals surface area (Å²) in [4.78, 5) is 5.40. The van der Waals surface area contributed by atoms with Crippen LogP contribution in [-0.2, 0) is 5.41 Å². The first-order chi connectivity index (χ1) is 48.8. The van der Waals surface area contributed by atoms with E-state index in [2.05, 4.69) is 382 Å². The topological polar surface area (TPSA) is 6.48 Å². The van der Waals surface area contributed by atoms with Crippen molar-refractivity contribution in [3.05, 3.63) is 357 Å². The molecule has 2 aliphatic heterocycles. The van der Waals surface area contributed by atoms with Crippen molar-refractivity contribution in [1.29, 1.82) is 0 Å². The highest BCUT2D eigenvalue weighted by atomic mass is 15.2. The van der Waals surface area contributed by atoms with Gasteiger partial charge in [0.1, 0.15) is 0 Å². The molecule has 0 radical (unpaired) electrons. The van der Waals surface area contributed by atoms with E-state index in [-0.39, 0.29) is 12.1 Å². The number of anilines is 6. The number of hydrogen-bond donors (Lipinski definition) is 0. The third-order valence-electron chi connectivity index (χ3n) is 21.1. The molecule has 0 saturated carbocycles. The quantitative estimate of drug-likeness (QED) is 0.0765. The Morgan fingerprint density at radius 1 is 0.232 bits per heavy atom. The molecule has 464 valence electrons. The SMILES string of the molecule is CC(C)(C)c1cc2c3c(c1)N(c1c(-c4ccccc4)cc(-c4ccccc4)cc1-c1ccccc1)c1ccc(-c4cc5cccc6c7cccc8cccc(c(c4)c56)c87)cc1B3c1cc(-c3ccccc3)ccc1N2c1c(-c2ccccc2)cc(-c2ccccc2)cc1-c1ccccc1. The monoisotopic (exact) mass is 1260 g/mol. The molecule has 17 aromatic carbocycles. The summed E-state index contributed by atoms with van der Waals surface area (Å²) in [6.07, 6.45) is 0. The molecule has 99 heavy (non-hydrogen) atoms. The van der Waals surface area contributed by atoms with Crippen LogP contribution in [0.25, 0.3) is 132 Å². The zero-order valence-corrected chi connectivity index (χ0v) is 55.5. The van der Waals surface area contributed by atoms with Crippen LogP contribution >= 0.6 is 0 Å². The molecule has 17 aromatic rings. The van der Waals surface area contributed by atoms with Gasteiger partial charge in [0.15, 0.2) is 0 Å². The molecule has 0 unspecified atom stereocenters. The third-order valence-corrected chi connectivity index (χ3v) is 21.1. The summed E-state index contributed by atoms with van der Waals surface area (Å²) in [5.41, 5.74) is 30.0. The molecule has 0 aliphatic carbocycles. The van der Waals surface area contributed by atoms with Crippen LogP contribution in [0, 0.1) is 0 Å². The predicted octanol–water partition coefficient (Wildman–Crippen LogP) is 24.5. The first kappa shape index (κ1) is 58.1. The molecule has 0 spiro atoms. The predicted molar refractivity (Wildman–Crippen MR) is 424 cm³/mol. The van der Waals surface area contributed by atoms with Crippen molar-refractivity contribution >= 4 is 100 Å². The van der Waals surface area contributed by atoms with E-state index in [0.717, 1.165) is 89.8 Å². The fourth-order valence-corrected chi connectivity index (χ4v) is 16.4. The second-order valence-corrected chi connectivity index (χ2v) is 27.9. The van der Waals surface area contributed by atoms with E-state index in [9.17, 15) is 0 Å². The van der Waals surface area contributed by atoms with E-state index >= 15 is 0 Å².